The molecule has 3 heteroatoms. The molecule has 3 rings (SSSR count). The monoisotopic (exact) mass is 269 g/mol. The zero-order valence-electron chi connectivity index (χ0n) is 12.6. The van der Waals surface area contributed by atoms with Crippen molar-refractivity contribution in [1.29, 1.82) is 0 Å². The molecule has 0 spiro atoms. The topological polar surface area (TPSA) is 29.9 Å². The number of rotatable bonds is 2. The standard InChI is InChI=1S/C17H23N3/c1-17(2,3)14-12-19-20(13-8-5-4-6-9-13)16(14)15-10-7-11-18-15/h4-6,8-9,12,15,18H,7,10-11H2,1-3H3. The molecule has 1 unspecified atom stereocenters. The molecule has 1 fully saturated rings. The van der Waals surface area contributed by atoms with E-state index in [1.807, 2.05) is 12.3 Å². The summed E-state index contributed by atoms with van der Waals surface area (Å²) in [4.78, 5) is 0. The van der Waals surface area contributed by atoms with Crippen LogP contribution in [0.3, 0.4) is 0 Å². The van der Waals surface area contributed by atoms with Crippen molar-refractivity contribution in [3.05, 3.63) is 47.8 Å². The lowest BCUT2D eigenvalue weighted by atomic mass is 9.85. The predicted molar refractivity (Wildman–Crippen MR) is 82.2 cm³/mol. The third kappa shape index (κ3) is 2.38. The van der Waals surface area contributed by atoms with Crippen LogP contribution in [-0.2, 0) is 5.41 Å². The average Bonchev–Trinajstić information content (AvgIpc) is 3.07. The summed E-state index contributed by atoms with van der Waals surface area (Å²) < 4.78 is 2.11. The van der Waals surface area contributed by atoms with Crippen LogP contribution in [0.5, 0.6) is 0 Å². The SMILES string of the molecule is CC(C)(C)c1cnn(-c2ccccc2)c1C1CCCN1. The maximum atomic E-state index is 4.67. The van der Waals surface area contributed by atoms with Crippen molar-refractivity contribution < 1.29 is 0 Å². The number of benzene rings is 1. The van der Waals surface area contributed by atoms with E-state index in [1.165, 1.54) is 24.1 Å². The highest BCUT2D eigenvalue weighted by Crippen LogP contribution is 2.34. The Morgan fingerprint density at radius 2 is 1.95 bits per heavy atom. The van der Waals surface area contributed by atoms with Crippen LogP contribution in [0.15, 0.2) is 36.5 Å². The fourth-order valence-corrected chi connectivity index (χ4v) is 2.96. The molecule has 1 aliphatic heterocycles. The van der Waals surface area contributed by atoms with Crippen molar-refractivity contribution in [2.45, 2.75) is 45.1 Å². The molecule has 2 aromatic rings. The van der Waals surface area contributed by atoms with Crippen LogP contribution in [0.25, 0.3) is 5.69 Å². The van der Waals surface area contributed by atoms with Gasteiger partial charge in [-0.05, 0) is 36.9 Å². The Morgan fingerprint density at radius 1 is 1.20 bits per heavy atom. The molecule has 106 valence electrons. The molecule has 0 aliphatic carbocycles. The molecule has 2 heterocycles. The third-order valence-electron chi connectivity index (χ3n) is 4.01. The fraction of sp³-hybridized carbons (Fsp3) is 0.471. The molecule has 0 saturated carbocycles. The number of hydrogen-bond donors (Lipinski definition) is 1. The Hall–Kier alpha value is -1.61. The van der Waals surface area contributed by atoms with Crippen LogP contribution in [0.2, 0.25) is 0 Å². The number of para-hydroxylation sites is 1. The molecule has 1 saturated heterocycles. The first-order valence-electron chi connectivity index (χ1n) is 7.44. The van der Waals surface area contributed by atoms with Crippen LogP contribution in [0, 0.1) is 0 Å². The van der Waals surface area contributed by atoms with Gasteiger partial charge in [-0.3, -0.25) is 0 Å². The number of nitrogens with zero attached hydrogens (tertiary/aromatic N) is 2. The van der Waals surface area contributed by atoms with E-state index in [4.69, 9.17) is 0 Å². The minimum Gasteiger partial charge on any atom is -0.309 e. The van der Waals surface area contributed by atoms with Crippen molar-refractivity contribution >= 4 is 0 Å². The van der Waals surface area contributed by atoms with Gasteiger partial charge in [-0.1, -0.05) is 39.0 Å². The van der Waals surface area contributed by atoms with Crippen LogP contribution >= 0.6 is 0 Å². The van der Waals surface area contributed by atoms with Crippen molar-refractivity contribution in [2.75, 3.05) is 6.54 Å². The Labute approximate surface area is 121 Å². The number of aromatic nitrogens is 2. The van der Waals surface area contributed by atoms with Gasteiger partial charge in [-0.2, -0.15) is 5.10 Å². The highest BCUT2D eigenvalue weighted by Gasteiger charge is 2.29. The second kappa shape index (κ2) is 5.06. The average molecular weight is 269 g/mol. The van der Waals surface area contributed by atoms with Gasteiger partial charge in [0.2, 0.25) is 0 Å². The van der Waals surface area contributed by atoms with E-state index in [1.54, 1.807) is 0 Å². The van der Waals surface area contributed by atoms with Crippen LogP contribution in [0.1, 0.15) is 50.9 Å². The summed E-state index contributed by atoms with van der Waals surface area (Å²) in [5.74, 6) is 0. The highest BCUT2D eigenvalue weighted by molar-refractivity contribution is 5.38. The molecule has 1 aromatic heterocycles. The maximum Gasteiger partial charge on any atom is 0.0649 e. The Bertz CT molecular complexity index is 572. The van der Waals surface area contributed by atoms with E-state index in [0.717, 1.165) is 12.2 Å². The molecule has 0 amide bonds. The lowest BCUT2D eigenvalue weighted by molar-refractivity contribution is 0.542. The quantitative estimate of drug-likeness (QED) is 0.903. The van der Waals surface area contributed by atoms with Gasteiger partial charge in [0.05, 0.1) is 17.6 Å². The molecule has 1 aliphatic rings. The van der Waals surface area contributed by atoms with E-state index >= 15 is 0 Å². The smallest absolute Gasteiger partial charge is 0.0649 e. The minimum atomic E-state index is 0.118. The second-order valence-electron chi connectivity index (χ2n) is 6.59. The molecule has 0 bridgehead atoms. The van der Waals surface area contributed by atoms with Crippen molar-refractivity contribution in [3.63, 3.8) is 0 Å². The number of nitrogens with one attached hydrogen (secondary N) is 1. The molecule has 1 N–H and O–H groups in total. The Morgan fingerprint density at radius 3 is 2.55 bits per heavy atom. The Kier molecular flexibility index (Phi) is 3.38. The van der Waals surface area contributed by atoms with Gasteiger partial charge in [0.1, 0.15) is 0 Å². The molecule has 3 nitrogen and oxygen atoms in total. The normalized spacial score (nSPS) is 19.4. The summed E-state index contributed by atoms with van der Waals surface area (Å²) in [6, 6.07) is 10.9. The van der Waals surface area contributed by atoms with E-state index in [9.17, 15) is 0 Å². The maximum absolute atomic E-state index is 4.67. The van der Waals surface area contributed by atoms with E-state index in [0.29, 0.717) is 6.04 Å². The number of hydrogen-bond acceptors (Lipinski definition) is 2. The molecule has 1 atom stereocenters. The fourth-order valence-electron chi connectivity index (χ4n) is 2.96. The highest BCUT2D eigenvalue weighted by atomic mass is 15.3. The second-order valence-corrected chi connectivity index (χ2v) is 6.59. The molecular weight excluding hydrogens is 246 g/mol. The molecule has 1 aromatic carbocycles. The zero-order chi connectivity index (χ0) is 14.2. The van der Waals surface area contributed by atoms with Crippen molar-refractivity contribution in [3.8, 4) is 5.69 Å². The van der Waals surface area contributed by atoms with Crippen molar-refractivity contribution in [1.82, 2.24) is 15.1 Å². The summed E-state index contributed by atoms with van der Waals surface area (Å²) in [7, 11) is 0. The molecule has 0 radical (unpaired) electrons. The van der Waals surface area contributed by atoms with Gasteiger partial charge in [0.15, 0.2) is 0 Å². The molecule has 20 heavy (non-hydrogen) atoms. The first-order chi connectivity index (χ1) is 9.57. The van der Waals surface area contributed by atoms with Gasteiger partial charge in [-0.25, -0.2) is 4.68 Å². The first-order valence-corrected chi connectivity index (χ1v) is 7.44. The largest absolute Gasteiger partial charge is 0.309 e. The summed E-state index contributed by atoms with van der Waals surface area (Å²) in [6.07, 6.45) is 4.48. The van der Waals surface area contributed by atoms with Crippen LogP contribution < -0.4 is 5.32 Å². The predicted octanol–water partition coefficient (Wildman–Crippen LogP) is 3.59. The van der Waals surface area contributed by atoms with Gasteiger partial charge < -0.3 is 5.32 Å². The van der Waals surface area contributed by atoms with E-state index < -0.39 is 0 Å². The minimum absolute atomic E-state index is 0.118. The summed E-state index contributed by atoms with van der Waals surface area (Å²) >= 11 is 0. The van der Waals surface area contributed by atoms with Gasteiger partial charge in [-0.15, -0.1) is 0 Å². The van der Waals surface area contributed by atoms with Crippen molar-refractivity contribution in [2.24, 2.45) is 0 Å². The lowest BCUT2D eigenvalue weighted by Gasteiger charge is -2.23. The van der Waals surface area contributed by atoms with Crippen LogP contribution in [0.4, 0.5) is 0 Å². The van der Waals surface area contributed by atoms with Crippen LogP contribution in [-0.4, -0.2) is 16.3 Å². The van der Waals surface area contributed by atoms with E-state index in [-0.39, 0.29) is 5.41 Å². The van der Waals surface area contributed by atoms with Gasteiger partial charge in [0.25, 0.3) is 0 Å². The van der Waals surface area contributed by atoms with Gasteiger partial charge >= 0.3 is 0 Å². The summed E-state index contributed by atoms with van der Waals surface area (Å²) in [6.45, 7) is 7.89. The third-order valence-corrected chi connectivity index (χ3v) is 4.01. The summed E-state index contributed by atoms with van der Waals surface area (Å²) in [5.41, 5.74) is 3.95. The zero-order valence-corrected chi connectivity index (χ0v) is 12.6. The lowest BCUT2D eigenvalue weighted by Crippen LogP contribution is -2.22. The summed E-state index contributed by atoms with van der Waals surface area (Å²) in [5, 5.41) is 8.29. The van der Waals surface area contributed by atoms with Gasteiger partial charge in [0, 0.05) is 11.6 Å². The van der Waals surface area contributed by atoms with E-state index in [2.05, 4.69) is 60.1 Å². The Balaban J connectivity index is 2.13. The molecular formula is C17H23N3. The first kappa shape index (κ1) is 13.4.